The van der Waals surface area contributed by atoms with E-state index >= 15 is 0 Å². The topological polar surface area (TPSA) is 73.0 Å². The van der Waals surface area contributed by atoms with Crippen molar-refractivity contribution < 1.29 is 9.59 Å². The molecule has 0 aromatic carbocycles. The van der Waals surface area contributed by atoms with Crippen LogP contribution in [0.2, 0.25) is 0 Å². The van der Waals surface area contributed by atoms with E-state index in [0.29, 0.717) is 5.13 Å². The molecule has 1 aromatic rings. The van der Waals surface area contributed by atoms with E-state index in [4.69, 9.17) is 5.73 Å². The Morgan fingerprint density at radius 1 is 1.67 bits per heavy atom. The van der Waals surface area contributed by atoms with Gasteiger partial charge in [-0.15, -0.1) is 11.3 Å². The van der Waals surface area contributed by atoms with Gasteiger partial charge in [0.2, 0.25) is 0 Å². The maximum Gasteiger partial charge on any atom is 0.189 e. The monoisotopic (exact) mass is 184 g/mol. The summed E-state index contributed by atoms with van der Waals surface area (Å²) in [7, 11) is 0. The van der Waals surface area contributed by atoms with E-state index in [1.807, 2.05) is 0 Å². The Morgan fingerprint density at radius 2 is 2.33 bits per heavy atom. The van der Waals surface area contributed by atoms with Gasteiger partial charge >= 0.3 is 0 Å². The fraction of sp³-hybridized carbons (Fsp3) is 0.286. The second-order valence-electron chi connectivity index (χ2n) is 2.37. The predicted octanol–water partition coefficient (Wildman–Crippen LogP) is 0.887. The summed E-state index contributed by atoms with van der Waals surface area (Å²) in [5, 5.41) is 1.91. The maximum absolute atomic E-state index is 11.1. The Bertz CT molecular complexity index is 319. The molecule has 64 valence electrons. The van der Waals surface area contributed by atoms with Gasteiger partial charge in [-0.05, 0) is 6.92 Å². The third-order valence-electron chi connectivity index (χ3n) is 1.22. The first-order valence-corrected chi connectivity index (χ1v) is 4.21. The molecule has 0 fully saturated rings. The van der Waals surface area contributed by atoms with Crippen LogP contribution in [0.5, 0.6) is 0 Å². The van der Waals surface area contributed by atoms with Crippen LogP contribution < -0.4 is 5.73 Å². The Morgan fingerprint density at radius 3 is 2.75 bits per heavy atom. The summed E-state index contributed by atoms with van der Waals surface area (Å²) >= 11 is 1.19. The average molecular weight is 184 g/mol. The Balaban J connectivity index is 2.72. The molecule has 0 saturated heterocycles. The zero-order valence-electron chi connectivity index (χ0n) is 6.53. The number of Topliss-reactive ketones (excluding diaryl/α,β-unsaturated/α-hetero) is 2. The lowest BCUT2D eigenvalue weighted by Crippen LogP contribution is -2.05. The number of nitrogen functional groups attached to an aromatic ring is 1. The number of nitrogens with two attached hydrogens (primary N) is 1. The molecule has 0 aliphatic rings. The van der Waals surface area contributed by atoms with Gasteiger partial charge < -0.3 is 5.73 Å². The molecule has 2 N–H and O–H groups in total. The first-order chi connectivity index (χ1) is 5.59. The molecule has 0 radical (unpaired) electrons. The van der Waals surface area contributed by atoms with Crippen molar-refractivity contribution in [3.05, 3.63) is 11.1 Å². The second-order valence-corrected chi connectivity index (χ2v) is 3.26. The van der Waals surface area contributed by atoms with E-state index in [1.165, 1.54) is 18.3 Å². The summed E-state index contributed by atoms with van der Waals surface area (Å²) in [4.78, 5) is 25.5. The predicted molar refractivity (Wildman–Crippen MR) is 46.2 cm³/mol. The van der Waals surface area contributed by atoms with Crippen molar-refractivity contribution in [3.8, 4) is 0 Å². The van der Waals surface area contributed by atoms with Crippen LogP contribution in [0.15, 0.2) is 5.38 Å². The number of rotatable bonds is 3. The van der Waals surface area contributed by atoms with Gasteiger partial charge in [0.05, 0.1) is 6.42 Å². The standard InChI is InChI=1S/C7H8N2O2S/c1-4(10)2-6(11)5-3-12-7(8)9-5/h3H,2H2,1H3,(H2,8,9). The quantitative estimate of drug-likeness (QED) is 0.559. The van der Waals surface area contributed by atoms with Crippen LogP contribution in [0, 0.1) is 0 Å². The molecule has 0 saturated carbocycles. The van der Waals surface area contributed by atoms with Crippen molar-refractivity contribution in [1.82, 2.24) is 4.98 Å². The molecule has 4 nitrogen and oxygen atoms in total. The van der Waals surface area contributed by atoms with Gasteiger partial charge in [-0.1, -0.05) is 0 Å². The number of carbonyl (C=O) groups is 2. The van der Waals surface area contributed by atoms with Gasteiger partial charge in [0.15, 0.2) is 10.9 Å². The molecule has 12 heavy (non-hydrogen) atoms. The third-order valence-corrected chi connectivity index (χ3v) is 1.89. The molecule has 1 heterocycles. The molecular formula is C7H8N2O2S. The first-order valence-electron chi connectivity index (χ1n) is 3.33. The number of ketones is 2. The molecule has 0 bridgehead atoms. The van der Waals surface area contributed by atoms with Crippen LogP contribution >= 0.6 is 11.3 Å². The van der Waals surface area contributed by atoms with Crippen molar-refractivity contribution in [2.75, 3.05) is 5.73 Å². The molecule has 0 spiro atoms. The lowest BCUT2D eigenvalue weighted by atomic mass is 10.2. The number of nitrogens with zero attached hydrogens (tertiary/aromatic N) is 1. The molecule has 1 rings (SSSR count). The van der Waals surface area contributed by atoms with E-state index in [-0.39, 0.29) is 23.7 Å². The highest BCUT2D eigenvalue weighted by atomic mass is 32.1. The number of thiazole rings is 1. The lowest BCUT2D eigenvalue weighted by molar-refractivity contribution is -0.116. The fourth-order valence-corrected chi connectivity index (χ4v) is 1.30. The molecule has 0 aliphatic carbocycles. The van der Waals surface area contributed by atoms with E-state index < -0.39 is 0 Å². The molecule has 1 aromatic heterocycles. The zero-order chi connectivity index (χ0) is 9.14. The van der Waals surface area contributed by atoms with E-state index in [1.54, 1.807) is 5.38 Å². The molecular weight excluding hydrogens is 176 g/mol. The number of carbonyl (C=O) groups excluding carboxylic acids is 2. The summed E-state index contributed by atoms with van der Waals surface area (Å²) < 4.78 is 0. The lowest BCUT2D eigenvalue weighted by Gasteiger charge is -1.90. The maximum atomic E-state index is 11.1. The highest BCUT2D eigenvalue weighted by Crippen LogP contribution is 2.12. The van der Waals surface area contributed by atoms with E-state index in [9.17, 15) is 9.59 Å². The molecule has 0 aliphatic heterocycles. The van der Waals surface area contributed by atoms with Crippen LogP contribution in [0.1, 0.15) is 23.8 Å². The Labute approximate surface area is 73.4 Å². The highest BCUT2D eigenvalue weighted by Gasteiger charge is 2.11. The molecule has 0 unspecified atom stereocenters. The molecule has 5 heteroatoms. The van der Waals surface area contributed by atoms with Crippen molar-refractivity contribution in [2.45, 2.75) is 13.3 Å². The Hall–Kier alpha value is -1.23. The number of hydrogen-bond acceptors (Lipinski definition) is 5. The van der Waals surface area contributed by atoms with Crippen LogP contribution in [0.4, 0.5) is 5.13 Å². The van der Waals surface area contributed by atoms with Gasteiger partial charge in [0.1, 0.15) is 11.5 Å². The number of hydrogen-bond donors (Lipinski definition) is 1. The summed E-state index contributed by atoms with van der Waals surface area (Å²) in [6.07, 6.45) is -0.0941. The minimum absolute atomic E-state index is 0.0941. The van der Waals surface area contributed by atoms with E-state index in [2.05, 4.69) is 4.98 Å². The van der Waals surface area contributed by atoms with Crippen LogP contribution in [0.3, 0.4) is 0 Å². The minimum Gasteiger partial charge on any atom is -0.375 e. The zero-order valence-corrected chi connectivity index (χ0v) is 7.35. The number of aromatic nitrogens is 1. The highest BCUT2D eigenvalue weighted by molar-refractivity contribution is 7.13. The van der Waals surface area contributed by atoms with Crippen molar-refractivity contribution in [1.29, 1.82) is 0 Å². The largest absolute Gasteiger partial charge is 0.375 e. The smallest absolute Gasteiger partial charge is 0.189 e. The molecule has 0 atom stereocenters. The first kappa shape index (κ1) is 8.86. The minimum atomic E-state index is -0.268. The van der Waals surface area contributed by atoms with E-state index in [0.717, 1.165) is 0 Å². The van der Waals surface area contributed by atoms with Crippen LogP contribution in [0.25, 0.3) is 0 Å². The van der Waals surface area contributed by atoms with Crippen molar-refractivity contribution >= 4 is 28.0 Å². The summed E-state index contributed by atoms with van der Waals surface area (Å²) in [6.45, 7) is 1.37. The van der Waals surface area contributed by atoms with Crippen molar-refractivity contribution in [2.24, 2.45) is 0 Å². The van der Waals surface area contributed by atoms with Gasteiger partial charge in [-0.25, -0.2) is 4.98 Å². The normalized spacial score (nSPS) is 9.75. The van der Waals surface area contributed by atoms with Gasteiger partial charge in [0, 0.05) is 5.38 Å². The van der Waals surface area contributed by atoms with Gasteiger partial charge in [-0.3, -0.25) is 9.59 Å². The SMILES string of the molecule is CC(=O)CC(=O)c1csc(N)n1. The third kappa shape index (κ3) is 2.13. The average Bonchev–Trinajstić information content (AvgIpc) is 2.34. The fourth-order valence-electron chi connectivity index (χ4n) is 0.732. The van der Waals surface area contributed by atoms with Crippen molar-refractivity contribution in [3.63, 3.8) is 0 Å². The van der Waals surface area contributed by atoms with Gasteiger partial charge in [-0.2, -0.15) is 0 Å². The molecule has 0 amide bonds. The summed E-state index contributed by atoms with van der Waals surface area (Å²) in [6, 6.07) is 0. The van der Waals surface area contributed by atoms with Crippen LogP contribution in [-0.4, -0.2) is 16.6 Å². The summed E-state index contributed by atoms with van der Waals surface area (Å²) in [5.41, 5.74) is 5.60. The summed E-state index contributed by atoms with van der Waals surface area (Å²) in [5.74, 6) is -0.429. The second kappa shape index (κ2) is 3.44. The number of anilines is 1. The van der Waals surface area contributed by atoms with Gasteiger partial charge in [0.25, 0.3) is 0 Å². The van der Waals surface area contributed by atoms with Crippen LogP contribution in [-0.2, 0) is 4.79 Å². The Kier molecular flexibility index (Phi) is 2.54.